The van der Waals surface area contributed by atoms with Gasteiger partial charge >= 0.3 is 0 Å². The molecule has 0 unspecified atom stereocenters. The minimum Gasteiger partial charge on any atom is -0.342 e. The van der Waals surface area contributed by atoms with Crippen LogP contribution in [0.5, 0.6) is 0 Å². The van der Waals surface area contributed by atoms with Gasteiger partial charge in [0.05, 0.1) is 22.3 Å². The fourth-order valence-electron chi connectivity index (χ4n) is 3.84. The van der Waals surface area contributed by atoms with Crippen molar-refractivity contribution in [2.24, 2.45) is 0 Å². The standard InChI is InChI=1S/C24H27N3O2S/c1-17-11-12-19(15-18(17)2)27-23(29)20-9-5-6-10-21(20)25-24(27)30-16-22(28)26-13-7-3-4-8-14-26/h5-6,9-12,15H,3-4,7-8,13-14,16H2,1-2H3. The Kier molecular flexibility index (Phi) is 6.23. The third kappa shape index (κ3) is 4.29. The lowest BCUT2D eigenvalue weighted by Crippen LogP contribution is -2.33. The van der Waals surface area contributed by atoms with Gasteiger partial charge < -0.3 is 4.90 Å². The third-order valence-corrected chi connectivity index (χ3v) is 6.70. The predicted molar refractivity (Wildman–Crippen MR) is 123 cm³/mol. The van der Waals surface area contributed by atoms with Gasteiger partial charge in [-0.3, -0.25) is 14.2 Å². The maximum Gasteiger partial charge on any atom is 0.266 e. The Morgan fingerprint density at radius 1 is 1.00 bits per heavy atom. The summed E-state index contributed by atoms with van der Waals surface area (Å²) in [5, 5.41) is 1.14. The molecule has 1 aliphatic heterocycles. The predicted octanol–water partition coefficient (Wildman–Crippen LogP) is 4.50. The zero-order chi connectivity index (χ0) is 21.1. The fraction of sp³-hybridized carbons (Fsp3) is 0.375. The topological polar surface area (TPSA) is 55.2 Å². The lowest BCUT2D eigenvalue weighted by molar-refractivity contribution is -0.128. The van der Waals surface area contributed by atoms with Gasteiger partial charge in [0.1, 0.15) is 0 Å². The van der Waals surface area contributed by atoms with Crippen molar-refractivity contribution in [2.45, 2.75) is 44.7 Å². The van der Waals surface area contributed by atoms with E-state index in [1.54, 1.807) is 10.6 Å². The number of rotatable bonds is 4. The minimum absolute atomic E-state index is 0.103. The Morgan fingerprint density at radius 2 is 1.73 bits per heavy atom. The summed E-state index contributed by atoms with van der Waals surface area (Å²) < 4.78 is 1.65. The van der Waals surface area contributed by atoms with Crippen molar-refractivity contribution >= 4 is 28.6 Å². The smallest absolute Gasteiger partial charge is 0.266 e. The monoisotopic (exact) mass is 421 g/mol. The second-order valence-corrected chi connectivity index (χ2v) is 8.85. The van der Waals surface area contributed by atoms with Gasteiger partial charge in [0.2, 0.25) is 5.91 Å². The van der Waals surface area contributed by atoms with E-state index in [0.29, 0.717) is 16.1 Å². The van der Waals surface area contributed by atoms with Gasteiger partial charge in [0, 0.05) is 13.1 Å². The normalized spacial score (nSPS) is 14.7. The molecule has 0 saturated carbocycles. The van der Waals surface area contributed by atoms with E-state index < -0.39 is 0 Å². The molecular weight excluding hydrogens is 394 g/mol. The Bertz CT molecular complexity index is 1130. The number of hydrogen-bond acceptors (Lipinski definition) is 4. The highest BCUT2D eigenvalue weighted by molar-refractivity contribution is 7.99. The second-order valence-electron chi connectivity index (χ2n) is 7.90. The Labute approximate surface area is 181 Å². The van der Waals surface area contributed by atoms with Crippen LogP contribution in [0, 0.1) is 13.8 Å². The molecule has 2 aromatic carbocycles. The summed E-state index contributed by atoms with van der Waals surface area (Å²) in [6.45, 7) is 5.74. The van der Waals surface area contributed by atoms with Crippen LogP contribution in [0.3, 0.4) is 0 Å². The van der Waals surface area contributed by atoms with Gasteiger partial charge in [-0.25, -0.2) is 4.98 Å². The molecular formula is C24H27N3O2S. The number of carbonyl (C=O) groups excluding carboxylic acids is 1. The van der Waals surface area contributed by atoms with Crippen LogP contribution in [0.2, 0.25) is 0 Å². The van der Waals surface area contributed by atoms with Crippen molar-refractivity contribution in [3.8, 4) is 5.69 Å². The molecule has 1 amide bonds. The number of likely N-dealkylation sites (tertiary alicyclic amines) is 1. The number of benzene rings is 2. The van der Waals surface area contributed by atoms with Crippen molar-refractivity contribution in [3.05, 3.63) is 63.9 Å². The summed E-state index contributed by atoms with van der Waals surface area (Å²) in [7, 11) is 0. The first-order valence-corrected chi connectivity index (χ1v) is 11.5. The molecule has 1 saturated heterocycles. The van der Waals surface area contributed by atoms with Crippen LogP contribution >= 0.6 is 11.8 Å². The van der Waals surface area contributed by atoms with Crippen LogP contribution in [0.4, 0.5) is 0 Å². The molecule has 1 fully saturated rings. The molecule has 0 radical (unpaired) electrons. The largest absolute Gasteiger partial charge is 0.342 e. The van der Waals surface area contributed by atoms with Crippen molar-refractivity contribution in [3.63, 3.8) is 0 Å². The number of carbonyl (C=O) groups is 1. The molecule has 1 aliphatic rings. The molecule has 0 bridgehead atoms. The quantitative estimate of drug-likeness (QED) is 0.460. The number of aryl methyl sites for hydroxylation is 2. The highest BCUT2D eigenvalue weighted by Crippen LogP contribution is 2.23. The van der Waals surface area contributed by atoms with Gasteiger partial charge in [-0.05, 0) is 62.1 Å². The summed E-state index contributed by atoms with van der Waals surface area (Å²) >= 11 is 1.35. The fourth-order valence-corrected chi connectivity index (χ4v) is 4.75. The number of nitrogens with zero attached hydrogens (tertiary/aromatic N) is 3. The molecule has 156 valence electrons. The Balaban J connectivity index is 1.71. The average molecular weight is 422 g/mol. The number of fused-ring (bicyclic) bond motifs is 1. The molecule has 0 aliphatic carbocycles. The van der Waals surface area contributed by atoms with Crippen LogP contribution in [0.1, 0.15) is 36.8 Å². The summed E-state index contributed by atoms with van der Waals surface area (Å²) in [4.78, 5) is 32.9. The first-order chi connectivity index (χ1) is 14.5. The zero-order valence-corrected chi connectivity index (χ0v) is 18.4. The first-order valence-electron chi connectivity index (χ1n) is 10.5. The number of hydrogen-bond donors (Lipinski definition) is 0. The maximum absolute atomic E-state index is 13.4. The number of thioether (sulfide) groups is 1. The number of aromatic nitrogens is 2. The average Bonchev–Trinajstić information content (AvgIpc) is 3.04. The van der Waals surface area contributed by atoms with E-state index >= 15 is 0 Å². The molecule has 0 spiro atoms. The lowest BCUT2D eigenvalue weighted by atomic mass is 10.1. The van der Waals surface area contributed by atoms with E-state index in [9.17, 15) is 9.59 Å². The summed E-state index contributed by atoms with van der Waals surface area (Å²) in [6.07, 6.45) is 4.51. The van der Waals surface area contributed by atoms with E-state index in [-0.39, 0.29) is 17.2 Å². The molecule has 2 heterocycles. The summed E-state index contributed by atoms with van der Waals surface area (Å²) in [5.41, 5.74) is 3.63. The first kappa shape index (κ1) is 20.7. The highest BCUT2D eigenvalue weighted by Gasteiger charge is 2.19. The Morgan fingerprint density at radius 3 is 2.47 bits per heavy atom. The summed E-state index contributed by atoms with van der Waals surface area (Å²) in [5.74, 6) is 0.409. The van der Waals surface area contributed by atoms with Gasteiger partial charge in [-0.15, -0.1) is 0 Å². The van der Waals surface area contributed by atoms with Crippen molar-refractivity contribution in [1.29, 1.82) is 0 Å². The zero-order valence-electron chi connectivity index (χ0n) is 17.6. The molecule has 0 N–H and O–H groups in total. The van der Waals surface area contributed by atoms with E-state index in [0.717, 1.165) is 37.2 Å². The van der Waals surface area contributed by atoms with Gasteiger partial charge in [0.15, 0.2) is 5.16 Å². The third-order valence-electron chi connectivity index (χ3n) is 5.78. The van der Waals surface area contributed by atoms with Crippen molar-refractivity contribution in [2.75, 3.05) is 18.8 Å². The highest BCUT2D eigenvalue weighted by atomic mass is 32.2. The number of para-hydroxylation sites is 1. The second kappa shape index (κ2) is 9.04. The van der Waals surface area contributed by atoms with Crippen molar-refractivity contribution in [1.82, 2.24) is 14.5 Å². The van der Waals surface area contributed by atoms with E-state index in [4.69, 9.17) is 4.98 Å². The van der Waals surface area contributed by atoms with Crippen molar-refractivity contribution < 1.29 is 4.79 Å². The molecule has 30 heavy (non-hydrogen) atoms. The van der Waals surface area contributed by atoms with Crippen LogP contribution in [0.25, 0.3) is 16.6 Å². The molecule has 5 nitrogen and oxygen atoms in total. The molecule has 1 aromatic heterocycles. The maximum atomic E-state index is 13.4. The van der Waals surface area contributed by atoms with Gasteiger partial charge in [-0.2, -0.15) is 0 Å². The summed E-state index contributed by atoms with van der Waals surface area (Å²) in [6, 6.07) is 13.4. The van der Waals surface area contributed by atoms with Crippen LogP contribution in [-0.4, -0.2) is 39.2 Å². The van der Waals surface area contributed by atoms with Crippen LogP contribution in [-0.2, 0) is 4.79 Å². The SMILES string of the molecule is Cc1ccc(-n2c(SCC(=O)N3CCCCCC3)nc3ccccc3c2=O)cc1C. The van der Waals surface area contributed by atoms with E-state index in [1.165, 1.54) is 30.2 Å². The van der Waals surface area contributed by atoms with Gasteiger partial charge in [0.25, 0.3) is 5.56 Å². The molecule has 4 rings (SSSR count). The van der Waals surface area contributed by atoms with Crippen LogP contribution < -0.4 is 5.56 Å². The number of amides is 1. The Hall–Kier alpha value is -2.60. The molecule has 6 heteroatoms. The molecule has 0 atom stereocenters. The lowest BCUT2D eigenvalue weighted by Gasteiger charge is -2.20. The van der Waals surface area contributed by atoms with E-state index in [1.807, 2.05) is 48.2 Å². The van der Waals surface area contributed by atoms with Gasteiger partial charge in [-0.1, -0.05) is 42.8 Å². The molecule has 3 aromatic rings. The minimum atomic E-state index is -0.103. The van der Waals surface area contributed by atoms with Crippen LogP contribution in [0.15, 0.2) is 52.4 Å². The van der Waals surface area contributed by atoms with E-state index in [2.05, 4.69) is 6.92 Å².